The molecule has 11 heteroatoms. The highest BCUT2D eigenvalue weighted by molar-refractivity contribution is 6.38. The quantitative estimate of drug-likeness (QED) is 0.409. The summed E-state index contributed by atoms with van der Waals surface area (Å²) in [4.78, 5) is 62.3. The molecule has 0 aromatic heterocycles. The van der Waals surface area contributed by atoms with E-state index in [1.807, 2.05) is 6.92 Å². The molecule has 1 aromatic carbocycles. The smallest absolute Gasteiger partial charge is 0.411 e. The third-order valence-electron chi connectivity index (χ3n) is 6.03. The van der Waals surface area contributed by atoms with Crippen molar-refractivity contribution < 1.29 is 28.7 Å². The number of amides is 4. The van der Waals surface area contributed by atoms with E-state index in [4.69, 9.17) is 16.3 Å². The van der Waals surface area contributed by atoms with E-state index in [-0.39, 0.29) is 40.7 Å². The minimum absolute atomic E-state index is 0.00480. The number of benzene rings is 1. The van der Waals surface area contributed by atoms with Crippen LogP contribution >= 0.6 is 11.6 Å². The van der Waals surface area contributed by atoms with E-state index in [1.54, 1.807) is 0 Å². The van der Waals surface area contributed by atoms with Crippen molar-refractivity contribution in [3.05, 3.63) is 28.8 Å². The van der Waals surface area contributed by atoms with Gasteiger partial charge in [-0.25, -0.2) is 4.79 Å². The lowest BCUT2D eigenvalue weighted by molar-refractivity contribution is -0.139. The van der Waals surface area contributed by atoms with Crippen molar-refractivity contribution >= 4 is 46.9 Å². The van der Waals surface area contributed by atoms with Crippen molar-refractivity contribution in [1.29, 1.82) is 0 Å². The zero-order chi connectivity index (χ0) is 24.8. The van der Waals surface area contributed by atoms with Gasteiger partial charge in [0.25, 0.3) is 11.8 Å². The Morgan fingerprint density at radius 2 is 1.91 bits per heavy atom. The Hall–Kier alpha value is -3.14. The summed E-state index contributed by atoms with van der Waals surface area (Å²) >= 11 is 6.07. The maximum Gasteiger partial charge on any atom is 0.411 e. The van der Waals surface area contributed by atoms with Crippen LogP contribution in [0.2, 0.25) is 5.02 Å². The van der Waals surface area contributed by atoms with Crippen LogP contribution in [0.3, 0.4) is 0 Å². The van der Waals surface area contributed by atoms with Crippen LogP contribution in [0.4, 0.5) is 10.5 Å². The lowest BCUT2D eigenvalue weighted by Gasteiger charge is -2.20. The normalized spacial score (nSPS) is 20.9. The Balaban J connectivity index is 1.77. The zero-order valence-electron chi connectivity index (χ0n) is 19.1. The fourth-order valence-corrected chi connectivity index (χ4v) is 4.47. The highest BCUT2D eigenvalue weighted by Crippen LogP contribution is 2.25. The number of hydrogen-bond acceptors (Lipinski definition) is 6. The van der Waals surface area contributed by atoms with Crippen LogP contribution < -0.4 is 21.3 Å². The van der Waals surface area contributed by atoms with E-state index >= 15 is 0 Å². The third kappa shape index (κ3) is 6.47. The summed E-state index contributed by atoms with van der Waals surface area (Å²) in [6.45, 7) is 1.83. The van der Waals surface area contributed by atoms with Crippen LogP contribution in [0.5, 0.6) is 0 Å². The fraction of sp³-hybridized carbons (Fsp3) is 0.522. The number of carbonyl (C=O) groups is 5. The maximum absolute atomic E-state index is 13.1. The molecular formula is C23H29ClN4O6. The molecule has 2 aliphatic rings. The van der Waals surface area contributed by atoms with Crippen molar-refractivity contribution in [2.45, 2.75) is 63.6 Å². The molecule has 2 fully saturated rings. The topological polar surface area (TPSA) is 143 Å². The number of carbonyl (C=O) groups excluding carboxylic acids is 5. The van der Waals surface area contributed by atoms with Crippen molar-refractivity contribution in [2.24, 2.45) is 5.92 Å². The number of nitrogens with one attached hydrogen (secondary N) is 4. The second kappa shape index (κ2) is 11.3. The number of Topliss-reactive ketones (excluding diaryl/α,β-unsaturated/α-hetero) is 1. The van der Waals surface area contributed by atoms with Gasteiger partial charge in [0, 0.05) is 24.0 Å². The van der Waals surface area contributed by atoms with Gasteiger partial charge in [-0.05, 0) is 63.6 Å². The molecule has 1 aliphatic carbocycles. The van der Waals surface area contributed by atoms with E-state index in [1.165, 1.54) is 25.2 Å². The molecule has 34 heavy (non-hydrogen) atoms. The Morgan fingerprint density at radius 1 is 1.21 bits per heavy atom. The minimum Gasteiger partial charge on any atom is -0.446 e. The molecule has 1 heterocycles. The van der Waals surface area contributed by atoms with Gasteiger partial charge in [-0.3, -0.25) is 24.5 Å². The van der Waals surface area contributed by atoms with Gasteiger partial charge in [0.1, 0.15) is 6.10 Å². The van der Waals surface area contributed by atoms with E-state index in [2.05, 4.69) is 21.3 Å². The Bertz CT molecular complexity index is 978. The maximum atomic E-state index is 13.1. The number of ketones is 1. The highest BCUT2D eigenvalue weighted by atomic mass is 35.5. The third-order valence-corrected chi connectivity index (χ3v) is 6.26. The summed E-state index contributed by atoms with van der Waals surface area (Å²) in [7, 11) is 1.30. The van der Waals surface area contributed by atoms with Gasteiger partial charge in [-0.2, -0.15) is 0 Å². The van der Waals surface area contributed by atoms with Crippen LogP contribution in [0, 0.1) is 5.92 Å². The van der Waals surface area contributed by atoms with Crippen LogP contribution in [0.1, 0.15) is 55.8 Å². The van der Waals surface area contributed by atoms with E-state index in [0.717, 1.165) is 25.7 Å². The second-order valence-corrected chi connectivity index (χ2v) is 9.11. The summed E-state index contributed by atoms with van der Waals surface area (Å²) in [6, 6.07) is 2.98. The Labute approximate surface area is 202 Å². The number of hydrogen-bond donors (Lipinski definition) is 4. The van der Waals surface area contributed by atoms with E-state index in [0.29, 0.717) is 6.42 Å². The van der Waals surface area contributed by atoms with Crippen LogP contribution in [-0.2, 0) is 19.1 Å². The number of rotatable bonds is 8. The van der Waals surface area contributed by atoms with Gasteiger partial charge in [-0.15, -0.1) is 0 Å². The lowest BCUT2D eigenvalue weighted by atomic mass is 9.93. The molecule has 0 bridgehead atoms. The summed E-state index contributed by atoms with van der Waals surface area (Å²) in [5.74, 6) is -3.27. The highest BCUT2D eigenvalue weighted by Gasteiger charge is 2.36. The molecule has 10 nitrogen and oxygen atoms in total. The van der Waals surface area contributed by atoms with Crippen LogP contribution in [-0.4, -0.2) is 54.8 Å². The van der Waals surface area contributed by atoms with E-state index < -0.39 is 35.7 Å². The average Bonchev–Trinajstić information content (AvgIpc) is 3.41. The first-order valence-corrected chi connectivity index (χ1v) is 11.7. The molecule has 184 valence electrons. The molecule has 3 atom stereocenters. The largest absolute Gasteiger partial charge is 0.446 e. The van der Waals surface area contributed by atoms with Gasteiger partial charge in [0.15, 0.2) is 0 Å². The summed E-state index contributed by atoms with van der Waals surface area (Å²) in [5, 5.41) is 10.4. The van der Waals surface area contributed by atoms with Gasteiger partial charge < -0.3 is 20.7 Å². The summed E-state index contributed by atoms with van der Waals surface area (Å²) < 4.78 is 5.39. The molecule has 1 aromatic rings. The number of anilines is 1. The Kier molecular flexibility index (Phi) is 8.49. The first-order chi connectivity index (χ1) is 16.2. The van der Waals surface area contributed by atoms with Crippen molar-refractivity contribution in [3.63, 3.8) is 0 Å². The van der Waals surface area contributed by atoms with E-state index in [9.17, 15) is 24.0 Å². The first kappa shape index (κ1) is 25.5. The number of ether oxygens (including phenoxy) is 1. The van der Waals surface area contributed by atoms with Gasteiger partial charge in [0.2, 0.25) is 11.7 Å². The van der Waals surface area contributed by atoms with Gasteiger partial charge >= 0.3 is 6.09 Å². The SMILES string of the molecule is CNC(=O)C(=O)C(C[C@@H]1C[C@@H](C)NC1=O)NC(=O)c1cc(Cl)ccc1NC(=O)OC1CCCC1. The summed E-state index contributed by atoms with van der Waals surface area (Å²) in [5.41, 5.74) is 0.137. The van der Waals surface area contributed by atoms with Crippen LogP contribution in [0.15, 0.2) is 18.2 Å². The number of likely N-dealkylation sites (N-methyl/N-ethyl adjacent to an activating group) is 1. The molecule has 1 saturated carbocycles. The zero-order valence-corrected chi connectivity index (χ0v) is 19.9. The molecule has 4 N–H and O–H groups in total. The molecule has 3 rings (SSSR count). The molecule has 0 radical (unpaired) electrons. The predicted octanol–water partition coefficient (Wildman–Crippen LogP) is 2.16. The van der Waals surface area contributed by atoms with Crippen molar-refractivity contribution in [3.8, 4) is 0 Å². The Morgan fingerprint density at radius 3 is 2.53 bits per heavy atom. The number of halogens is 1. The lowest BCUT2D eigenvalue weighted by Crippen LogP contribution is -2.48. The standard InChI is InChI=1S/C23H29ClN4O6/c1-12-9-13(20(30)26-12)10-18(19(29)22(32)25-2)27-21(31)16-11-14(24)7-8-17(16)28-23(33)34-15-5-3-4-6-15/h7-8,11-13,15,18H,3-6,9-10H2,1-2H3,(H,25,32)(H,26,30)(H,27,31)(H,28,33)/t12-,13+,18?/m1/s1. The minimum atomic E-state index is -1.24. The van der Waals surface area contributed by atoms with Gasteiger partial charge in [-0.1, -0.05) is 11.6 Å². The second-order valence-electron chi connectivity index (χ2n) is 8.67. The summed E-state index contributed by atoms with van der Waals surface area (Å²) in [6.07, 6.45) is 3.13. The van der Waals surface area contributed by atoms with Crippen LogP contribution in [0.25, 0.3) is 0 Å². The van der Waals surface area contributed by atoms with Crippen molar-refractivity contribution in [2.75, 3.05) is 12.4 Å². The molecule has 1 unspecified atom stereocenters. The molecular weight excluding hydrogens is 464 g/mol. The molecule has 4 amide bonds. The molecule has 1 aliphatic heterocycles. The average molecular weight is 493 g/mol. The monoisotopic (exact) mass is 492 g/mol. The predicted molar refractivity (Wildman–Crippen MR) is 124 cm³/mol. The fourth-order valence-electron chi connectivity index (χ4n) is 4.30. The van der Waals surface area contributed by atoms with Gasteiger partial charge in [0.05, 0.1) is 17.3 Å². The first-order valence-electron chi connectivity index (χ1n) is 11.3. The van der Waals surface area contributed by atoms with Crippen molar-refractivity contribution in [1.82, 2.24) is 16.0 Å². The molecule has 1 saturated heterocycles. The molecule has 0 spiro atoms.